The number of fused-ring (bicyclic) bond motifs is 3. The van der Waals surface area contributed by atoms with Gasteiger partial charge < -0.3 is 10.6 Å². The van der Waals surface area contributed by atoms with E-state index >= 15 is 0 Å². The van der Waals surface area contributed by atoms with Gasteiger partial charge in [-0.1, -0.05) is 56.0 Å². The van der Waals surface area contributed by atoms with Gasteiger partial charge in [0.25, 0.3) is 22.7 Å². The van der Waals surface area contributed by atoms with Crippen molar-refractivity contribution in [1.29, 1.82) is 0 Å². The van der Waals surface area contributed by atoms with Crippen molar-refractivity contribution < 1.29 is 30.7 Å². The van der Waals surface area contributed by atoms with E-state index < -0.39 is 37.1 Å². The zero-order chi connectivity index (χ0) is 54.7. The summed E-state index contributed by atoms with van der Waals surface area (Å²) in [6.07, 6.45) is 25.7. The van der Waals surface area contributed by atoms with Crippen LogP contribution in [0, 0.1) is 40.5 Å². The SMILES string of the molecule is C.O=C(n1ccnc1)n1ccnc1.O=C1N(c2cnccn2)c2c(cccc2[N+](=O)[O-])-c2cccc([N+](=O)[O-])c2N1c1cnccn1.O=[N+]([O-])c1cccc(-c2cccc([N+](=O)[O-])c2Nc2cnccn2)c1Nc1cnccn1.[2HH]. The van der Waals surface area contributed by atoms with E-state index in [1.165, 1.54) is 145 Å². The lowest BCUT2D eigenvalue weighted by Gasteiger charge is -2.26. The Kier molecular flexibility index (Phi) is 16.0. The second kappa shape index (κ2) is 23.7. The molecule has 30 nitrogen and oxygen atoms in total. The highest BCUT2D eigenvalue weighted by Crippen LogP contribution is 2.52. The second-order valence-electron chi connectivity index (χ2n) is 15.5. The summed E-state index contributed by atoms with van der Waals surface area (Å²) in [5, 5.41) is 53.3. The minimum absolute atomic E-state index is 0. The fraction of sp³-hybridized carbons (Fsp3) is 0.0204. The predicted octanol–water partition coefficient (Wildman–Crippen LogP) is 9.88. The Labute approximate surface area is 444 Å². The van der Waals surface area contributed by atoms with E-state index in [1.54, 1.807) is 49.1 Å². The van der Waals surface area contributed by atoms with Crippen LogP contribution in [0.25, 0.3) is 22.3 Å². The second-order valence-corrected chi connectivity index (χ2v) is 15.5. The van der Waals surface area contributed by atoms with Crippen LogP contribution in [0.1, 0.15) is 8.85 Å². The molecule has 0 spiro atoms. The van der Waals surface area contributed by atoms with Crippen LogP contribution in [0.2, 0.25) is 0 Å². The smallest absolute Gasteiger partial charge is 0.333 e. The summed E-state index contributed by atoms with van der Waals surface area (Å²) in [4.78, 5) is 113. The summed E-state index contributed by atoms with van der Waals surface area (Å²) in [5.41, 5.74) is -0.102. The van der Waals surface area contributed by atoms with Gasteiger partial charge in [-0.15, -0.1) is 0 Å². The Morgan fingerprint density at radius 3 is 1.11 bits per heavy atom. The highest BCUT2D eigenvalue weighted by molar-refractivity contribution is 6.20. The molecular weight excluding hydrogens is 1030 g/mol. The normalized spacial score (nSPS) is 11.1. The number of para-hydroxylation sites is 4. The van der Waals surface area contributed by atoms with Gasteiger partial charge in [0.1, 0.15) is 47.0 Å². The molecule has 1 aliphatic rings. The summed E-state index contributed by atoms with van der Waals surface area (Å²) in [6.45, 7) is 0. The molecule has 6 aromatic heterocycles. The molecule has 0 bridgehead atoms. The van der Waals surface area contributed by atoms with Crippen LogP contribution in [0.4, 0.5) is 78.4 Å². The minimum Gasteiger partial charge on any atom is -0.333 e. The molecule has 0 atom stereocenters. The van der Waals surface area contributed by atoms with Gasteiger partial charge >= 0.3 is 12.1 Å². The molecule has 10 aromatic rings. The van der Waals surface area contributed by atoms with E-state index in [4.69, 9.17) is 0 Å². The lowest BCUT2D eigenvalue weighted by Crippen LogP contribution is -2.38. The molecule has 0 unspecified atom stereocenters. The zero-order valence-corrected chi connectivity index (χ0v) is 39.5. The molecule has 0 saturated carbocycles. The molecule has 2 amide bonds. The third kappa shape index (κ3) is 11.3. The molecule has 0 radical (unpaired) electrons. The van der Waals surface area contributed by atoms with E-state index in [1.807, 2.05) is 0 Å². The highest BCUT2D eigenvalue weighted by Gasteiger charge is 2.42. The van der Waals surface area contributed by atoms with Crippen LogP contribution in [0.3, 0.4) is 0 Å². The number of benzene rings is 4. The van der Waals surface area contributed by atoms with Crippen LogP contribution >= 0.6 is 0 Å². The number of rotatable bonds is 11. The van der Waals surface area contributed by atoms with Gasteiger partial charge in [0, 0.05) is 122 Å². The van der Waals surface area contributed by atoms with E-state index in [9.17, 15) is 50.0 Å². The number of hydrogen-bond donors (Lipinski definition) is 2. The first-order chi connectivity index (χ1) is 37.9. The number of anilines is 8. The molecule has 394 valence electrons. The maximum absolute atomic E-state index is 14.1. The number of carbonyl (C=O) groups excluding carboxylic acids is 2. The number of nitrogens with zero attached hydrogens (tertiary/aromatic N) is 18. The molecule has 30 heteroatoms. The summed E-state index contributed by atoms with van der Waals surface area (Å²) >= 11 is 0. The van der Waals surface area contributed by atoms with E-state index in [0.29, 0.717) is 11.1 Å². The summed E-state index contributed by atoms with van der Waals surface area (Å²) in [5.74, 6) is 0.508. The van der Waals surface area contributed by atoms with Gasteiger partial charge in [0.15, 0.2) is 11.6 Å². The number of aromatic nitrogens is 12. The van der Waals surface area contributed by atoms with Crippen molar-refractivity contribution in [2.24, 2.45) is 0 Å². The maximum Gasteiger partial charge on any atom is 0.341 e. The average Bonchev–Trinajstić information content (AvgIpc) is 4.37. The largest absolute Gasteiger partial charge is 0.341 e. The number of hydrogen-bond acceptors (Lipinski definition) is 22. The van der Waals surface area contributed by atoms with Crippen LogP contribution in [0.5, 0.6) is 0 Å². The van der Waals surface area contributed by atoms with Gasteiger partial charge in [0.2, 0.25) is 0 Å². The Hall–Kier alpha value is -12.2. The molecule has 2 N–H and O–H groups in total. The number of nitrogens with one attached hydrogen (secondary N) is 2. The van der Waals surface area contributed by atoms with Crippen molar-refractivity contribution in [3.05, 3.63) is 225 Å². The fourth-order valence-corrected chi connectivity index (χ4v) is 7.75. The number of imidazole rings is 2. The number of carbonyl (C=O) groups is 2. The first-order valence-electron chi connectivity index (χ1n) is 22.2. The molecule has 7 heterocycles. The third-order valence-corrected chi connectivity index (χ3v) is 11.0. The third-order valence-electron chi connectivity index (χ3n) is 11.0. The van der Waals surface area contributed by atoms with Crippen molar-refractivity contribution in [3.63, 3.8) is 0 Å². The van der Waals surface area contributed by atoms with E-state index in [0.717, 1.165) is 9.80 Å². The van der Waals surface area contributed by atoms with Crippen molar-refractivity contribution in [3.8, 4) is 22.3 Å². The number of nitro benzene ring substituents is 4. The van der Waals surface area contributed by atoms with Gasteiger partial charge in [-0.3, -0.25) is 69.5 Å². The molecule has 0 fully saturated rings. The molecule has 0 aliphatic carbocycles. The first-order valence-corrected chi connectivity index (χ1v) is 22.2. The summed E-state index contributed by atoms with van der Waals surface area (Å²) in [6, 6.07) is 16.3. The monoisotopic (exact) mass is 1070 g/mol. The highest BCUT2D eigenvalue weighted by atomic mass is 16.6. The van der Waals surface area contributed by atoms with Gasteiger partial charge in [-0.25, -0.2) is 49.3 Å². The van der Waals surface area contributed by atoms with Crippen molar-refractivity contribution >= 4 is 80.8 Å². The Morgan fingerprint density at radius 2 is 0.797 bits per heavy atom. The van der Waals surface area contributed by atoms with Crippen molar-refractivity contribution in [2.75, 3.05) is 20.4 Å². The van der Waals surface area contributed by atoms with E-state index in [-0.39, 0.29) is 83.4 Å². The van der Waals surface area contributed by atoms with Crippen molar-refractivity contribution in [1.82, 2.24) is 59.0 Å². The molecule has 0 saturated heterocycles. The molecular formula is C49H38N20O10. The summed E-state index contributed by atoms with van der Waals surface area (Å²) in [7, 11) is 0. The number of nitro groups is 4. The van der Waals surface area contributed by atoms with Crippen LogP contribution < -0.4 is 20.4 Å². The fourth-order valence-electron chi connectivity index (χ4n) is 7.75. The topological polar surface area (TPSA) is 376 Å². The van der Waals surface area contributed by atoms with Crippen LogP contribution in [-0.2, 0) is 0 Å². The quantitative estimate of drug-likeness (QED) is 0.0898. The molecule has 4 aromatic carbocycles. The lowest BCUT2D eigenvalue weighted by molar-refractivity contribution is -0.384. The molecule has 11 rings (SSSR count). The zero-order valence-electron chi connectivity index (χ0n) is 39.5. The Balaban J connectivity index is 0.000000188. The van der Waals surface area contributed by atoms with Crippen molar-refractivity contribution in [2.45, 2.75) is 7.43 Å². The Morgan fingerprint density at radius 1 is 0.443 bits per heavy atom. The van der Waals surface area contributed by atoms with Gasteiger partial charge in [-0.2, -0.15) is 0 Å². The number of urea groups is 1. The summed E-state index contributed by atoms with van der Waals surface area (Å²) < 4.78 is 2.75. The molecule has 79 heavy (non-hydrogen) atoms. The van der Waals surface area contributed by atoms with E-state index in [2.05, 4.69) is 60.5 Å². The van der Waals surface area contributed by atoms with Crippen LogP contribution in [0.15, 0.2) is 185 Å². The van der Waals surface area contributed by atoms with Gasteiger partial charge in [-0.05, 0) is 0 Å². The average molecular weight is 1070 g/mol. The lowest BCUT2D eigenvalue weighted by atomic mass is 9.99. The van der Waals surface area contributed by atoms with Crippen LogP contribution in [-0.4, -0.2) is 90.7 Å². The minimum atomic E-state index is -0.885. The predicted molar refractivity (Wildman–Crippen MR) is 284 cm³/mol. The maximum atomic E-state index is 14.1. The Bertz CT molecular complexity index is 3590. The first kappa shape index (κ1) is 53.1. The number of amides is 2. The standard InChI is InChI=1S/C21H12N8O5.C20H14N8O4.C7H6N4O.CH4.H2/c30-21-26(17-11-22-7-9-24-17)19-13(3-1-5-15(19)28(31)32)14-4-2-6-16(29(33)34)20(14)27(21)18-12-23-8-10-25-18;29-27(30)15-5-1-3-13(19(15)25-17-11-21-7-9-23-17)14-4-2-6-16(28(31)32)20(14)26-18-12-22-8-10-24-18;12-7(10-3-1-8-5-10)11-4-2-9-6-11;;/h1-12H;1-12H,(H,23,25)(H,24,26);1-6H;1H4;1H/i;;;;1+1. The molecule has 1 aliphatic heterocycles. The van der Waals surface area contributed by atoms with Gasteiger partial charge in [0.05, 0.1) is 44.5 Å².